The highest BCUT2D eigenvalue weighted by Gasteiger charge is 2.28. The number of nitrogens with zero attached hydrogens (tertiary/aromatic N) is 1. The van der Waals surface area contributed by atoms with Gasteiger partial charge in [-0.15, -0.1) is 0 Å². The molecule has 1 aliphatic rings. The van der Waals surface area contributed by atoms with Crippen LogP contribution in [0, 0.1) is 0 Å². The molecule has 1 atom stereocenters. The van der Waals surface area contributed by atoms with Crippen molar-refractivity contribution >= 4 is 12.2 Å². The Hall–Kier alpha value is -1.46. The molecule has 0 radical (unpaired) electrons. The number of hydrogen-bond donors (Lipinski definition) is 2. The molecule has 0 aromatic rings. The third-order valence-corrected chi connectivity index (χ3v) is 1.89. The van der Waals surface area contributed by atoms with Crippen molar-refractivity contribution in [3.63, 3.8) is 0 Å². The second kappa shape index (κ2) is 3.97. The summed E-state index contributed by atoms with van der Waals surface area (Å²) >= 11 is 0. The highest BCUT2D eigenvalue weighted by atomic mass is 16.6. The molecule has 0 unspecified atom stereocenters. The Balaban J connectivity index is 2.33. The van der Waals surface area contributed by atoms with Gasteiger partial charge < -0.3 is 20.1 Å². The molecule has 0 aromatic heterocycles. The van der Waals surface area contributed by atoms with Crippen LogP contribution in [0.1, 0.15) is 6.42 Å². The minimum Gasteiger partial charge on any atom is -0.465 e. The maximum absolute atomic E-state index is 10.7. The first kappa shape index (κ1) is 9.63. The van der Waals surface area contributed by atoms with Crippen LogP contribution in [0.2, 0.25) is 0 Å². The number of carbonyl (C=O) groups excluding carboxylic acids is 1. The molecule has 1 aliphatic heterocycles. The van der Waals surface area contributed by atoms with E-state index >= 15 is 0 Å². The Labute approximate surface area is 75.5 Å². The number of alkyl carbamates (subject to hydrolysis) is 1. The first-order valence-electron chi connectivity index (χ1n) is 3.99. The SMILES string of the molecule is CNC(=O)O[C@@H]1CCN(C(=O)O)C1. The van der Waals surface area contributed by atoms with Gasteiger partial charge in [-0.05, 0) is 0 Å². The molecule has 74 valence electrons. The fourth-order valence-electron chi connectivity index (χ4n) is 1.21. The van der Waals surface area contributed by atoms with Gasteiger partial charge in [0.1, 0.15) is 6.10 Å². The molecule has 1 saturated heterocycles. The zero-order valence-electron chi connectivity index (χ0n) is 7.32. The second-order valence-electron chi connectivity index (χ2n) is 2.79. The lowest BCUT2D eigenvalue weighted by Gasteiger charge is -2.12. The van der Waals surface area contributed by atoms with Crippen LogP contribution in [0.15, 0.2) is 0 Å². The van der Waals surface area contributed by atoms with E-state index in [1.54, 1.807) is 0 Å². The van der Waals surface area contributed by atoms with E-state index in [4.69, 9.17) is 9.84 Å². The molecule has 0 spiro atoms. The van der Waals surface area contributed by atoms with Crippen LogP contribution in [-0.2, 0) is 4.74 Å². The lowest BCUT2D eigenvalue weighted by Crippen LogP contribution is -2.31. The Kier molecular flexibility index (Phi) is 2.94. The molecule has 2 N–H and O–H groups in total. The van der Waals surface area contributed by atoms with Crippen molar-refractivity contribution in [1.82, 2.24) is 10.2 Å². The quantitative estimate of drug-likeness (QED) is 0.611. The second-order valence-corrected chi connectivity index (χ2v) is 2.79. The van der Waals surface area contributed by atoms with Crippen molar-refractivity contribution in [2.45, 2.75) is 12.5 Å². The largest absolute Gasteiger partial charge is 0.465 e. The topological polar surface area (TPSA) is 78.9 Å². The highest BCUT2D eigenvalue weighted by Crippen LogP contribution is 2.12. The molecule has 6 nitrogen and oxygen atoms in total. The molecule has 1 heterocycles. The molecular weight excluding hydrogens is 176 g/mol. The van der Waals surface area contributed by atoms with E-state index in [0.717, 1.165) is 0 Å². The Morgan fingerprint density at radius 2 is 2.31 bits per heavy atom. The van der Waals surface area contributed by atoms with Gasteiger partial charge in [0.25, 0.3) is 0 Å². The van der Waals surface area contributed by atoms with Crippen LogP contribution in [0.4, 0.5) is 9.59 Å². The zero-order valence-corrected chi connectivity index (χ0v) is 7.32. The van der Waals surface area contributed by atoms with Gasteiger partial charge in [0.05, 0.1) is 6.54 Å². The molecule has 1 fully saturated rings. The van der Waals surface area contributed by atoms with Crippen LogP contribution in [-0.4, -0.2) is 48.4 Å². The van der Waals surface area contributed by atoms with E-state index in [1.807, 2.05) is 0 Å². The van der Waals surface area contributed by atoms with Crippen LogP contribution in [0.25, 0.3) is 0 Å². The molecule has 0 bridgehead atoms. The molecular formula is C7H12N2O4. The average molecular weight is 188 g/mol. The summed E-state index contributed by atoms with van der Waals surface area (Å²) in [5.74, 6) is 0. The van der Waals surface area contributed by atoms with Crippen molar-refractivity contribution < 1.29 is 19.4 Å². The summed E-state index contributed by atoms with van der Waals surface area (Å²) in [6.07, 6.45) is -1.23. The lowest BCUT2D eigenvalue weighted by atomic mass is 10.3. The molecule has 6 heteroatoms. The van der Waals surface area contributed by atoms with Gasteiger partial charge in [-0.1, -0.05) is 0 Å². The maximum atomic E-state index is 10.7. The maximum Gasteiger partial charge on any atom is 0.407 e. The standard InChI is InChI=1S/C7H12N2O4/c1-8-6(10)13-5-2-3-9(4-5)7(11)12/h5H,2-4H2,1H3,(H,8,10)(H,11,12)/t5-/m1/s1. The van der Waals surface area contributed by atoms with E-state index in [9.17, 15) is 9.59 Å². The Bertz CT molecular complexity index is 219. The van der Waals surface area contributed by atoms with Gasteiger partial charge >= 0.3 is 12.2 Å². The van der Waals surface area contributed by atoms with E-state index in [-0.39, 0.29) is 12.6 Å². The molecule has 1 rings (SSSR count). The predicted octanol–water partition coefficient (Wildman–Crippen LogP) is 0.0947. The van der Waals surface area contributed by atoms with Crippen molar-refractivity contribution in [2.24, 2.45) is 0 Å². The number of rotatable bonds is 1. The van der Waals surface area contributed by atoms with Gasteiger partial charge in [0.2, 0.25) is 0 Å². The minimum atomic E-state index is -0.969. The number of carbonyl (C=O) groups is 2. The fraction of sp³-hybridized carbons (Fsp3) is 0.714. The van der Waals surface area contributed by atoms with Gasteiger partial charge in [-0.3, -0.25) is 0 Å². The van der Waals surface area contributed by atoms with E-state index < -0.39 is 12.2 Å². The van der Waals surface area contributed by atoms with Gasteiger partial charge in [0, 0.05) is 20.0 Å². The van der Waals surface area contributed by atoms with E-state index in [2.05, 4.69) is 5.32 Å². The zero-order chi connectivity index (χ0) is 9.84. The molecule has 0 saturated carbocycles. The minimum absolute atomic E-state index is 0.267. The monoisotopic (exact) mass is 188 g/mol. The summed E-state index contributed by atoms with van der Waals surface area (Å²) in [4.78, 5) is 22.4. The number of likely N-dealkylation sites (tertiary alicyclic amines) is 1. The fourth-order valence-corrected chi connectivity index (χ4v) is 1.21. The highest BCUT2D eigenvalue weighted by molar-refractivity contribution is 5.67. The predicted molar refractivity (Wildman–Crippen MR) is 43.5 cm³/mol. The normalized spacial score (nSPS) is 21.3. The van der Waals surface area contributed by atoms with Crippen LogP contribution >= 0.6 is 0 Å². The van der Waals surface area contributed by atoms with E-state index in [1.165, 1.54) is 11.9 Å². The molecule has 0 aliphatic carbocycles. The van der Waals surface area contributed by atoms with Crippen molar-refractivity contribution in [3.05, 3.63) is 0 Å². The van der Waals surface area contributed by atoms with Gasteiger partial charge in [-0.25, -0.2) is 9.59 Å². The smallest absolute Gasteiger partial charge is 0.407 e. The van der Waals surface area contributed by atoms with E-state index in [0.29, 0.717) is 13.0 Å². The molecule has 0 aromatic carbocycles. The summed E-state index contributed by atoms with van der Waals surface area (Å²) in [6, 6.07) is 0. The Morgan fingerprint density at radius 3 is 2.77 bits per heavy atom. The summed E-state index contributed by atoms with van der Waals surface area (Å²) in [6.45, 7) is 0.694. The third-order valence-electron chi connectivity index (χ3n) is 1.89. The number of carboxylic acid groups (broad SMARTS) is 1. The summed E-state index contributed by atoms with van der Waals surface area (Å²) in [7, 11) is 1.46. The molecule has 13 heavy (non-hydrogen) atoms. The number of amides is 2. The number of hydrogen-bond acceptors (Lipinski definition) is 3. The average Bonchev–Trinajstić information content (AvgIpc) is 2.52. The van der Waals surface area contributed by atoms with Crippen molar-refractivity contribution in [1.29, 1.82) is 0 Å². The first-order chi connectivity index (χ1) is 6.13. The summed E-state index contributed by atoms with van der Waals surface area (Å²) in [5, 5.41) is 10.9. The van der Waals surface area contributed by atoms with Crippen LogP contribution in [0.5, 0.6) is 0 Å². The van der Waals surface area contributed by atoms with Crippen molar-refractivity contribution in [3.8, 4) is 0 Å². The number of nitrogens with one attached hydrogen (secondary N) is 1. The lowest BCUT2D eigenvalue weighted by molar-refractivity contribution is 0.0992. The number of ether oxygens (including phenoxy) is 1. The van der Waals surface area contributed by atoms with Crippen LogP contribution < -0.4 is 5.32 Å². The van der Waals surface area contributed by atoms with Gasteiger partial charge in [-0.2, -0.15) is 0 Å². The van der Waals surface area contributed by atoms with Gasteiger partial charge in [0.15, 0.2) is 0 Å². The summed E-state index contributed by atoms with van der Waals surface area (Å²) < 4.78 is 4.89. The first-order valence-corrected chi connectivity index (χ1v) is 3.99. The Morgan fingerprint density at radius 1 is 1.62 bits per heavy atom. The van der Waals surface area contributed by atoms with Crippen LogP contribution in [0.3, 0.4) is 0 Å². The van der Waals surface area contributed by atoms with Crippen molar-refractivity contribution in [2.75, 3.05) is 20.1 Å². The third kappa shape index (κ3) is 2.50. The molecule has 2 amide bonds. The summed E-state index contributed by atoms with van der Waals surface area (Å²) in [5.41, 5.74) is 0.